The van der Waals surface area contributed by atoms with Gasteiger partial charge in [-0.1, -0.05) is 0 Å². The molecule has 0 unspecified atom stereocenters. The highest BCUT2D eigenvalue weighted by atomic mass is 19.4. The fourth-order valence-electron chi connectivity index (χ4n) is 1.79. The molecule has 0 saturated heterocycles. The molecule has 0 aliphatic heterocycles. The number of hydrogen-bond acceptors (Lipinski definition) is 3. The number of halogens is 4. The smallest absolute Gasteiger partial charge is 0.416 e. The zero-order chi connectivity index (χ0) is 15.6. The largest absolute Gasteiger partial charge is 0.497 e. The van der Waals surface area contributed by atoms with Crippen molar-refractivity contribution in [1.82, 2.24) is 4.98 Å². The zero-order valence-corrected chi connectivity index (χ0v) is 11.3. The maximum Gasteiger partial charge on any atom is 0.416 e. The first-order chi connectivity index (χ1) is 9.85. The molecule has 0 aliphatic carbocycles. The van der Waals surface area contributed by atoms with Crippen LogP contribution < -0.4 is 10.1 Å². The fraction of sp³-hybridized carbons (Fsp3) is 0.214. The van der Waals surface area contributed by atoms with E-state index in [0.29, 0.717) is 0 Å². The third-order valence-electron chi connectivity index (χ3n) is 2.86. The Morgan fingerprint density at radius 2 is 1.86 bits per heavy atom. The Labute approximate surface area is 118 Å². The number of alkyl halides is 3. The van der Waals surface area contributed by atoms with Crippen LogP contribution in [0.5, 0.6) is 5.75 Å². The quantitative estimate of drug-likeness (QED) is 0.871. The van der Waals surface area contributed by atoms with Gasteiger partial charge in [-0.3, -0.25) is 0 Å². The van der Waals surface area contributed by atoms with Gasteiger partial charge in [-0.05, 0) is 24.3 Å². The topological polar surface area (TPSA) is 34.1 Å². The number of rotatable bonds is 3. The van der Waals surface area contributed by atoms with E-state index in [1.54, 1.807) is 0 Å². The molecule has 7 heteroatoms. The van der Waals surface area contributed by atoms with Crippen molar-refractivity contribution in [3.8, 4) is 17.0 Å². The first-order valence-corrected chi connectivity index (χ1v) is 5.96. The molecular formula is C14H12F4N2O. The number of methoxy groups -OCH3 is 1. The van der Waals surface area contributed by atoms with E-state index >= 15 is 0 Å². The standard InChI is InChI=1S/C14H12F4N2O/c1-19-13-6-8(14(16,17)18)5-12(20-13)10-4-3-9(21-2)7-11(10)15/h3-7H,1-2H3,(H,19,20). The van der Waals surface area contributed by atoms with Crippen molar-refractivity contribution in [2.24, 2.45) is 0 Å². The van der Waals surface area contributed by atoms with Gasteiger partial charge in [-0.15, -0.1) is 0 Å². The van der Waals surface area contributed by atoms with Crippen LogP contribution in [0.15, 0.2) is 30.3 Å². The second kappa shape index (κ2) is 5.59. The summed E-state index contributed by atoms with van der Waals surface area (Å²) in [7, 11) is 2.81. The zero-order valence-electron chi connectivity index (χ0n) is 11.3. The third kappa shape index (κ3) is 3.24. The fourth-order valence-corrected chi connectivity index (χ4v) is 1.79. The minimum absolute atomic E-state index is 0.00930. The number of pyridine rings is 1. The van der Waals surface area contributed by atoms with E-state index in [9.17, 15) is 17.6 Å². The maximum absolute atomic E-state index is 14.0. The molecule has 2 rings (SSSR count). The number of nitrogens with zero attached hydrogens (tertiary/aromatic N) is 1. The molecule has 0 fully saturated rings. The summed E-state index contributed by atoms with van der Waals surface area (Å²) >= 11 is 0. The van der Waals surface area contributed by atoms with Crippen LogP contribution in [0.1, 0.15) is 5.56 Å². The van der Waals surface area contributed by atoms with Crippen molar-refractivity contribution in [3.05, 3.63) is 41.7 Å². The summed E-state index contributed by atoms with van der Waals surface area (Å²) in [4.78, 5) is 3.96. The van der Waals surface area contributed by atoms with Crippen molar-refractivity contribution in [2.75, 3.05) is 19.5 Å². The Kier molecular flexibility index (Phi) is 4.02. The van der Waals surface area contributed by atoms with E-state index < -0.39 is 17.6 Å². The van der Waals surface area contributed by atoms with Crippen LogP contribution in [0.25, 0.3) is 11.3 Å². The first-order valence-electron chi connectivity index (χ1n) is 5.96. The lowest BCUT2D eigenvalue weighted by atomic mass is 10.1. The van der Waals surface area contributed by atoms with Crippen LogP contribution in [0.3, 0.4) is 0 Å². The van der Waals surface area contributed by atoms with E-state index in [0.717, 1.165) is 18.2 Å². The molecule has 0 aliphatic rings. The molecule has 1 aromatic heterocycles. The molecule has 1 aromatic carbocycles. The Balaban J connectivity index is 2.58. The summed E-state index contributed by atoms with van der Waals surface area (Å²) in [6.45, 7) is 0. The summed E-state index contributed by atoms with van der Waals surface area (Å²) in [6, 6.07) is 5.56. The van der Waals surface area contributed by atoms with Gasteiger partial charge in [0.15, 0.2) is 0 Å². The van der Waals surface area contributed by atoms with Crippen molar-refractivity contribution in [3.63, 3.8) is 0 Å². The minimum atomic E-state index is -4.54. The van der Waals surface area contributed by atoms with E-state index in [1.165, 1.54) is 26.3 Å². The second-order valence-electron chi connectivity index (χ2n) is 4.22. The predicted molar refractivity (Wildman–Crippen MR) is 70.7 cm³/mol. The van der Waals surface area contributed by atoms with Crippen molar-refractivity contribution in [1.29, 1.82) is 0 Å². The van der Waals surface area contributed by atoms with Crippen LogP contribution in [-0.2, 0) is 6.18 Å². The van der Waals surface area contributed by atoms with Gasteiger partial charge in [0, 0.05) is 18.7 Å². The van der Waals surface area contributed by atoms with Gasteiger partial charge in [0.2, 0.25) is 0 Å². The highest BCUT2D eigenvalue weighted by Gasteiger charge is 2.32. The number of aromatic nitrogens is 1. The van der Waals surface area contributed by atoms with E-state index in [1.807, 2.05) is 0 Å². The average Bonchev–Trinajstić information content (AvgIpc) is 2.45. The molecule has 1 heterocycles. The van der Waals surface area contributed by atoms with Crippen LogP contribution >= 0.6 is 0 Å². The molecule has 21 heavy (non-hydrogen) atoms. The molecular weight excluding hydrogens is 288 g/mol. The van der Waals surface area contributed by atoms with E-state index in [4.69, 9.17) is 4.74 Å². The van der Waals surface area contributed by atoms with Crippen LogP contribution in [-0.4, -0.2) is 19.1 Å². The van der Waals surface area contributed by atoms with Crippen molar-refractivity contribution >= 4 is 5.82 Å². The van der Waals surface area contributed by atoms with Gasteiger partial charge in [-0.2, -0.15) is 13.2 Å². The lowest BCUT2D eigenvalue weighted by Gasteiger charge is -2.12. The van der Waals surface area contributed by atoms with Crippen molar-refractivity contribution < 1.29 is 22.3 Å². The van der Waals surface area contributed by atoms with E-state index in [-0.39, 0.29) is 22.8 Å². The Morgan fingerprint density at radius 3 is 2.38 bits per heavy atom. The molecule has 0 saturated carbocycles. The SMILES string of the molecule is CNc1cc(C(F)(F)F)cc(-c2ccc(OC)cc2F)n1. The molecule has 3 nitrogen and oxygen atoms in total. The average molecular weight is 300 g/mol. The Morgan fingerprint density at radius 1 is 1.14 bits per heavy atom. The van der Waals surface area contributed by atoms with Gasteiger partial charge in [0.1, 0.15) is 17.4 Å². The summed E-state index contributed by atoms with van der Waals surface area (Å²) in [5, 5.41) is 2.53. The highest BCUT2D eigenvalue weighted by molar-refractivity contribution is 5.64. The van der Waals surface area contributed by atoms with Gasteiger partial charge in [-0.25, -0.2) is 9.37 Å². The number of anilines is 1. The van der Waals surface area contributed by atoms with Crippen LogP contribution in [0.2, 0.25) is 0 Å². The number of ether oxygens (including phenoxy) is 1. The molecule has 1 N–H and O–H groups in total. The van der Waals surface area contributed by atoms with Crippen LogP contribution in [0.4, 0.5) is 23.4 Å². The molecule has 0 radical (unpaired) electrons. The predicted octanol–water partition coefficient (Wildman–Crippen LogP) is 3.96. The molecule has 2 aromatic rings. The summed E-state index contributed by atoms with van der Waals surface area (Å²) in [5.41, 5.74) is -1.03. The minimum Gasteiger partial charge on any atom is -0.497 e. The van der Waals surface area contributed by atoms with Crippen LogP contribution in [0, 0.1) is 5.82 Å². The lowest BCUT2D eigenvalue weighted by molar-refractivity contribution is -0.137. The monoisotopic (exact) mass is 300 g/mol. The van der Waals surface area contributed by atoms with Gasteiger partial charge < -0.3 is 10.1 Å². The normalized spacial score (nSPS) is 11.3. The number of hydrogen-bond donors (Lipinski definition) is 1. The van der Waals surface area contributed by atoms with Gasteiger partial charge in [0.25, 0.3) is 0 Å². The number of benzene rings is 1. The first kappa shape index (κ1) is 15.1. The Hall–Kier alpha value is -2.31. The maximum atomic E-state index is 14.0. The summed E-state index contributed by atoms with van der Waals surface area (Å²) in [5.74, 6) is -0.421. The second-order valence-corrected chi connectivity index (χ2v) is 4.22. The van der Waals surface area contributed by atoms with E-state index in [2.05, 4.69) is 10.3 Å². The van der Waals surface area contributed by atoms with Gasteiger partial charge in [0.05, 0.1) is 18.4 Å². The van der Waals surface area contributed by atoms with Crippen molar-refractivity contribution in [2.45, 2.75) is 6.18 Å². The molecule has 112 valence electrons. The summed E-state index contributed by atoms with van der Waals surface area (Å²) < 4.78 is 57.4. The lowest BCUT2D eigenvalue weighted by Crippen LogP contribution is -2.07. The molecule has 0 bridgehead atoms. The Bertz CT molecular complexity index is 656. The molecule has 0 amide bonds. The number of nitrogens with one attached hydrogen (secondary N) is 1. The highest BCUT2D eigenvalue weighted by Crippen LogP contribution is 2.34. The summed E-state index contributed by atoms with van der Waals surface area (Å²) in [6.07, 6.45) is -4.54. The molecule has 0 atom stereocenters. The molecule has 0 spiro atoms. The third-order valence-corrected chi connectivity index (χ3v) is 2.86. The van der Waals surface area contributed by atoms with Gasteiger partial charge >= 0.3 is 6.18 Å².